The molecule has 0 amide bonds. The van der Waals surface area contributed by atoms with Crippen LogP contribution in [0.2, 0.25) is 5.02 Å². The first-order valence-corrected chi connectivity index (χ1v) is 9.40. The van der Waals surface area contributed by atoms with Crippen LogP contribution < -0.4 is 10.1 Å². The first kappa shape index (κ1) is 18.3. The van der Waals surface area contributed by atoms with E-state index < -0.39 is 0 Å². The van der Waals surface area contributed by atoms with E-state index in [9.17, 15) is 10.1 Å². The number of anilines is 1. The zero-order valence-corrected chi connectivity index (χ0v) is 16.1. The van der Waals surface area contributed by atoms with Crippen LogP contribution in [0, 0.1) is 11.3 Å². The fourth-order valence-electron chi connectivity index (χ4n) is 3.41. The summed E-state index contributed by atoms with van der Waals surface area (Å²) in [6, 6.07) is 11.5. The number of carbonyl (C=O) groups is 1. The summed E-state index contributed by atoms with van der Waals surface area (Å²) in [5.74, 6) is 1.06. The van der Waals surface area contributed by atoms with Crippen LogP contribution >= 0.6 is 11.6 Å². The molecule has 1 aromatic heterocycles. The third kappa shape index (κ3) is 3.39. The van der Waals surface area contributed by atoms with E-state index in [1.807, 2.05) is 24.3 Å². The number of hydrogen-bond acceptors (Lipinski definition) is 5. The third-order valence-electron chi connectivity index (χ3n) is 4.99. The van der Waals surface area contributed by atoms with Gasteiger partial charge >= 0.3 is 0 Å². The summed E-state index contributed by atoms with van der Waals surface area (Å²) in [7, 11) is 1.57. The predicted octanol–water partition coefficient (Wildman–Crippen LogP) is 5.07. The number of methoxy groups -OCH3 is 1. The van der Waals surface area contributed by atoms with E-state index in [1.165, 1.54) is 0 Å². The maximum atomic E-state index is 11.6. The smallest absolute Gasteiger partial charge is 0.153 e. The van der Waals surface area contributed by atoms with E-state index in [0.717, 1.165) is 41.2 Å². The van der Waals surface area contributed by atoms with Crippen molar-refractivity contribution in [2.45, 2.75) is 25.3 Å². The maximum absolute atomic E-state index is 11.6. The standard InChI is InChI=1S/C22H18ClN3O2/c1-28-20-5-2-13(8-19(20)23)10-25-21-16(12-27)11-26-22-17(15-3-4-15)6-14(9-24)7-18(21)22/h2,5-8,11-12,15H,3-4,10H2,1H3,(H,25,26). The normalized spacial score (nSPS) is 13.2. The Labute approximate surface area is 167 Å². The second kappa shape index (κ2) is 7.49. The lowest BCUT2D eigenvalue weighted by Gasteiger charge is -2.15. The largest absolute Gasteiger partial charge is 0.495 e. The molecule has 1 saturated carbocycles. The zero-order chi connectivity index (χ0) is 19.7. The fraction of sp³-hybridized carbons (Fsp3) is 0.227. The van der Waals surface area contributed by atoms with Gasteiger partial charge in [-0.2, -0.15) is 5.26 Å². The number of hydrogen-bond donors (Lipinski definition) is 1. The number of halogens is 1. The summed E-state index contributed by atoms with van der Waals surface area (Å²) in [5, 5.41) is 14.1. The quantitative estimate of drug-likeness (QED) is 0.593. The van der Waals surface area contributed by atoms with Crippen molar-refractivity contribution in [2.75, 3.05) is 12.4 Å². The molecule has 1 heterocycles. The van der Waals surface area contributed by atoms with Crippen molar-refractivity contribution in [2.24, 2.45) is 0 Å². The van der Waals surface area contributed by atoms with E-state index in [0.29, 0.717) is 40.0 Å². The van der Waals surface area contributed by atoms with E-state index in [4.69, 9.17) is 16.3 Å². The molecule has 0 unspecified atom stereocenters. The van der Waals surface area contributed by atoms with Crippen molar-refractivity contribution in [3.63, 3.8) is 0 Å². The van der Waals surface area contributed by atoms with Crippen LogP contribution in [0.5, 0.6) is 5.75 Å². The lowest BCUT2D eigenvalue weighted by atomic mass is 9.99. The Morgan fingerprint density at radius 2 is 2.18 bits per heavy atom. The highest BCUT2D eigenvalue weighted by molar-refractivity contribution is 6.32. The molecule has 1 aliphatic carbocycles. The Morgan fingerprint density at radius 3 is 2.82 bits per heavy atom. The number of ether oxygens (including phenoxy) is 1. The molecule has 0 aliphatic heterocycles. The van der Waals surface area contributed by atoms with Crippen molar-refractivity contribution in [1.82, 2.24) is 4.98 Å². The maximum Gasteiger partial charge on any atom is 0.153 e. The molecule has 28 heavy (non-hydrogen) atoms. The van der Waals surface area contributed by atoms with Gasteiger partial charge in [-0.15, -0.1) is 0 Å². The van der Waals surface area contributed by atoms with Gasteiger partial charge in [0, 0.05) is 18.1 Å². The van der Waals surface area contributed by atoms with Gasteiger partial charge in [0.15, 0.2) is 6.29 Å². The van der Waals surface area contributed by atoms with E-state index in [1.54, 1.807) is 19.4 Å². The molecular formula is C22H18ClN3O2. The molecule has 3 aromatic rings. The van der Waals surface area contributed by atoms with Crippen LogP contribution in [0.15, 0.2) is 36.5 Å². The van der Waals surface area contributed by atoms with Crippen molar-refractivity contribution in [3.8, 4) is 11.8 Å². The Morgan fingerprint density at radius 1 is 1.36 bits per heavy atom. The minimum absolute atomic E-state index is 0.443. The molecule has 5 nitrogen and oxygen atoms in total. The summed E-state index contributed by atoms with van der Waals surface area (Å²) < 4.78 is 5.19. The number of nitrogens with one attached hydrogen (secondary N) is 1. The lowest BCUT2D eigenvalue weighted by Crippen LogP contribution is -2.05. The molecule has 0 atom stereocenters. The number of carbonyl (C=O) groups excluding carboxylic acids is 1. The van der Waals surface area contributed by atoms with Crippen LogP contribution in [0.25, 0.3) is 10.9 Å². The summed E-state index contributed by atoms with van der Waals surface area (Å²) in [4.78, 5) is 16.1. The molecule has 0 radical (unpaired) electrons. The van der Waals surface area contributed by atoms with E-state index in [-0.39, 0.29) is 0 Å². The van der Waals surface area contributed by atoms with Gasteiger partial charge in [-0.3, -0.25) is 9.78 Å². The van der Waals surface area contributed by atoms with E-state index >= 15 is 0 Å². The van der Waals surface area contributed by atoms with Gasteiger partial charge in [-0.05, 0) is 54.2 Å². The highest BCUT2D eigenvalue weighted by atomic mass is 35.5. The summed E-state index contributed by atoms with van der Waals surface area (Å²) in [5.41, 5.74) is 4.61. The lowest BCUT2D eigenvalue weighted by molar-refractivity contribution is 0.112. The Kier molecular flexibility index (Phi) is 4.89. The number of nitrogens with zero attached hydrogens (tertiary/aromatic N) is 2. The molecule has 2 aromatic carbocycles. The number of fused-ring (bicyclic) bond motifs is 1. The second-order valence-corrected chi connectivity index (χ2v) is 7.28. The summed E-state index contributed by atoms with van der Waals surface area (Å²) in [6.45, 7) is 0.471. The summed E-state index contributed by atoms with van der Waals surface area (Å²) >= 11 is 6.21. The molecule has 1 aliphatic rings. The first-order chi connectivity index (χ1) is 13.6. The van der Waals surface area contributed by atoms with Gasteiger partial charge in [-0.25, -0.2) is 0 Å². The van der Waals surface area contributed by atoms with Crippen molar-refractivity contribution < 1.29 is 9.53 Å². The van der Waals surface area contributed by atoms with Crippen LogP contribution in [0.3, 0.4) is 0 Å². The summed E-state index contributed by atoms with van der Waals surface area (Å²) in [6.07, 6.45) is 4.59. The number of nitriles is 1. The van der Waals surface area contributed by atoms with Crippen molar-refractivity contribution >= 4 is 34.5 Å². The van der Waals surface area contributed by atoms with Gasteiger partial charge in [0.05, 0.1) is 40.5 Å². The van der Waals surface area contributed by atoms with Crippen LogP contribution in [0.1, 0.15) is 45.8 Å². The van der Waals surface area contributed by atoms with Gasteiger partial charge < -0.3 is 10.1 Å². The molecule has 0 spiro atoms. The van der Waals surface area contributed by atoms with Crippen LogP contribution in [-0.2, 0) is 6.54 Å². The van der Waals surface area contributed by atoms with Crippen molar-refractivity contribution in [1.29, 1.82) is 5.26 Å². The predicted molar refractivity (Wildman–Crippen MR) is 109 cm³/mol. The Hall–Kier alpha value is -3.10. The average molecular weight is 392 g/mol. The van der Waals surface area contributed by atoms with E-state index in [2.05, 4.69) is 16.4 Å². The van der Waals surface area contributed by atoms with Crippen molar-refractivity contribution in [3.05, 3.63) is 63.8 Å². The van der Waals surface area contributed by atoms with Crippen LogP contribution in [0.4, 0.5) is 5.69 Å². The van der Waals surface area contributed by atoms with Gasteiger partial charge in [-0.1, -0.05) is 17.7 Å². The minimum Gasteiger partial charge on any atom is -0.495 e. The third-order valence-corrected chi connectivity index (χ3v) is 5.28. The minimum atomic E-state index is 0.443. The Bertz CT molecular complexity index is 1120. The number of pyridine rings is 1. The highest BCUT2D eigenvalue weighted by Gasteiger charge is 2.27. The first-order valence-electron chi connectivity index (χ1n) is 9.02. The average Bonchev–Trinajstić information content (AvgIpc) is 3.56. The second-order valence-electron chi connectivity index (χ2n) is 6.88. The molecule has 1 fully saturated rings. The number of rotatable bonds is 6. The molecule has 1 N–H and O–H groups in total. The molecule has 0 saturated heterocycles. The van der Waals surface area contributed by atoms with Gasteiger partial charge in [0.1, 0.15) is 5.75 Å². The SMILES string of the molecule is COc1ccc(CNc2c(C=O)cnc3c(C4CC4)cc(C#N)cc23)cc1Cl. The fourth-order valence-corrected chi connectivity index (χ4v) is 3.69. The Balaban J connectivity index is 1.76. The number of benzene rings is 2. The zero-order valence-electron chi connectivity index (χ0n) is 15.3. The molecule has 140 valence electrons. The molecular weight excluding hydrogens is 374 g/mol. The topological polar surface area (TPSA) is 75.0 Å². The molecule has 4 rings (SSSR count). The van der Waals surface area contributed by atoms with Gasteiger partial charge in [0.25, 0.3) is 0 Å². The number of aromatic nitrogens is 1. The molecule has 0 bridgehead atoms. The number of aldehydes is 1. The molecule has 6 heteroatoms. The monoisotopic (exact) mass is 391 g/mol. The highest BCUT2D eigenvalue weighted by Crippen LogP contribution is 2.44. The van der Waals surface area contributed by atoms with Gasteiger partial charge in [0.2, 0.25) is 0 Å². The van der Waals surface area contributed by atoms with Crippen LogP contribution in [-0.4, -0.2) is 18.4 Å².